The van der Waals surface area contributed by atoms with Crippen LogP contribution in [0.1, 0.15) is 36.0 Å². The molecule has 0 spiro atoms. The Bertz CT molecular complexity index is 1180. The summed E-state index contributed by atoms with van der Waals surface area (Å²) in [5, 5.41) is 14.8. The predicted molar refractivity (Wildman–Crippen MR) is 117 cm³/mol. The maximum atomic E-state index is 13.1. The van der Waals surface area contributed by atoms with Crippen molar-refractivity contribution in [1.82, 2.24) is 5.01 Å². The minimum atomic E-state index is -4.40. The molecule has 4 nitrogen and oxygen atoms in total. The summed E-state index contributed by atoms with van der Waals surface area (Å²) in [6.45, 7) is 1.21. The Kier molecular flexibility index (Phi) is 6.04. The second-order valence-electron chi connectivity index (χ2n) is 7.83. The van der Waals surface area contributed by atoms with E-state index in [9.17, 15) is 23.2 Å². The first-order chi connectivity index (χ1) is 15.4. The Balaban J connectivity index is 1.57. The van der Waals surface area contributed by atoms with E-state index in [1.165, 1.54) is 6.07 Å². The predicted octanol–water partition coefficient (Wildman–Crippen LogP) is 5.71. The van der Waals surface area contributed by atoms with Crippen LogP contribution >= 0.6 is 0 Å². The van der Waals surface area contributed by atoms with Gasteiger partial charge in [0.2, 0.25) is 5.91 Å². The summed E-state index contributed by atoms with van der Waals surface area (Å²) in [6, 6.07) is 18.6. The fourth-order valence-electron chi connectivity index (χ4n) is 4.16. The second kappa shape index (κ2) is 8.91. The number of carbonyl (C=O) groups is 1. The molecule has 1 amide bonds. The van der Waals surface area contributed by atoms with Crippen LogP contribution in [0.2, 0.25) is 0 Å². The molecule has 0 unspecified atom stereocenters. The van der Waals surface area contributed by atoms with Gasteiger partial charge in [-0.1, -0.05) is 42.5 Å². The van der Waals surface area contributed by atoms with Gasteiger partial charge in [0.15, 0.2) is 0 Å². The maximum Gasteiger partial charge on any atom is 0.416 e. The number of hydrazine groups is 1. The van der Waals surface area contributed by atoms with E-state index in [4.69, 9.17) is 0 Å². The van der Waals surface area contributed by atoms with Crippen LogP contribution in [0.5, 0.6) is 0 Å². The minimum absolute atomic E-state index is 0.117. The lowest BCUT2D eigenvalue weighted by Crippen LogP contribution is -2.50. The van der Waals surface area contributed by atoms with E-state index in [0.29, 0.717) is 24.2 Å². The molecule has 0 aliphatic carbocycles. The van der Waals surface area contributed by atoms with Gasteiger partial charge in [-0.15, -0.1) is 0 Å². The highest BCUT2D eigenvalue weighted by molar-refractivity contribution is 5.98. The first-order valence-electron chi connectivity index (χ1n) is 10.5. The van der Waals surface area contributed by atoms with E-state index in [0.717, 1.165) is 41.4 Å². The molecule has 0 N–H and O–H groups in total. The van der Waals surface area contributed by atoms with Crippen molar-refractivity contribution < 1.29 is 18.0 Å². The zero-order chi connectivity index (χ0) is 22.7. The number of amides is 1. The third-order valence-corrected chi connectivity index (χ3v) is 5.75. The zero-order valence-electron chi connectivity index (χ0n) is 17.4. The van der Waals surface area contributed by atoms with E-state index >= 15 is 0 Å². The van der Waals surface area contributed by atoms with Crippen LogP contribution < -0.4 is 5.01 Å². The number of rotatable bonds is 4. The summed E-state index contributed by atoms with van der Waals surface area (Å²) in [5.41, 5.74) is 1.21. The summed E-state index contributed by atoms with van der Waals surface area (Å²) in [4.78, 5) is 13.1. The van der Waals surface area contributed by atoms with Crippen LogP contribution in [0.3, 0.4) is 0 Å². The van der Waals surface area contributed by atoms with E-state index in [1.54, 1.807) is 17.1 Å². The highest BCUT2D eigenvalue weighted by Gasteiger charge is 2.31. The van der Waals surface area contributed by atoms with Gasteiger partial charge >= 0.3 is 6.18 Å². The van der Waals surface area contributed by atoms with Crippen molar-refractivity contribution in [3.8, 4) is 6.07 Å². The average Bonchev–Trinajstić information content (AvgIpc) is 2.81. The third-order valence-electron chi connectivity index (χ3n) is 5.75. The monoisotopic (exact) mass is 437 g/mol. The molecule has 1 heterocycles. The third kappa shape index (κ3) is 4.40. The van der Waals surface area contributed by atoms with Gasteiger partial charge in [-0.3, -0.25) is 14.8 Å². The fraction of sp³-hybridized carbons (Fsp3) is 0.280. The van der Waals surface area contributed by atoms with Gasteiger partial charge in [-0.2, -0.15) is 18.4 Å². The second-order valence-corrected chi connectivity index (χ2v) is 7.83. The van der Waals surface area contributed by atoms with Crippen molar-refractivity contribution in [3.63, 3.8) is 0 Å². The molecular formula is C25H22F3N3O. The summed E-state index contributed by atoms with van der Waals surface area (Å²) in [5.74, 6) is -0.129. The average molecular weight is 437 g/mol. The molecule has 7 heteroatoms. The minimum Gasteiger partial charge on any atom is -0.282 e. The summed E-state index contributed by atoms with van der Waals surface area (Å²) >= 11 is 0. The molecule has 0 radical (unpaired) electrons. The van der Waals surface area contributed by atoms with Crippen LogP contribution in [0.4, 0.5) is 18.9 Å². The first kappa shape index (κ1) is 21.7. The number of hydrogen-bond acceptors (Lipinski definition) is 3. The van der Waals surface area contributed by atoms with Gasteiger partial charge in [0.05, 0.1) is 22.9 Å². The molecule has 0 atom stereocenters. The molecule has 0 bridgehead atoms. The van der Waals surface area contributed by atoms with Crippen LogP contribution in [0.15, 0.2) is 60.7 Å². The highest BCUT2D eigenvalue weighted by Crippen LogP contribution is 2.33. The number of fused-ring (bicyclic) bond motifs is 1. The Hall–Kier alpha value is -3.53. The molecule has 32 heavy (non-hydrogen) atoms. The van der Waals surface area contributed by atoms with Crippen molar-refractivity contribution in [2.45, 2.75) is 31.9 Å². The maximum absolute atomic E-state index is 13.1. The quantitative estimate of drug-likeness (QED) is 0.526. The van der Waals surface area contributed by atoms with Crippen LogP contribution in [-0.2, 0) is 17.4 Å². The zero-order valence-corrected chi connectivity index (χ0v) is 17.4. The number of aryl methyl sites for hydroxylation is 1. The molecular weight excluding hydrogens is 415 g/mol. The molecule has 3 aromatic rings. The summed E-state index contributed by atoms with van der Waals surface area (Å²) < 4.78 is 38.9. The Morgan fingerprint density at radius 1 is 0.969 bits per heavy atom. The van der Waals surface area contributed by atoms with E-state index in [1.807, 2.05) is 35.3 Å². The first-order valence-corrected chi connectivity index (χ1v) is 10.5. The number of benzene rings is 3. The molecule has 0 saturated carbocycles. The topological polar surface area (TPSA) is 47.3 Å². The van der Waals surface area contributed by atoms with Crippen molar-refractivity contribution in [2.24, 2.45) is 0 Å². The lowest BCUT2D eigenvalue weighted by Gasteiger charge is -2.41. The summed E-state index contributed by atoms with van der Waals surface area (Å²) in [6.07, 6.45) is -2.26. The lowest BCUT2D eigenvalue weighted by atomic mass is 10.0. The molecule has 164 valence electrons. The van der Waals surface area contributed by atoms with Crippen molar-refractivity contribution >= 4 is 22.4 Å². The highest BCUT2D eigenvalue weighted by atomic mass is 19.4. The molecule has 1 fully saturated rings. The van der Waals surface area contributed by atoms with Crippen LogP contribution in [-0.4, -0.2) is 24.0 Å². The number of hydrogen-bond donors (Lipinski definition) is 0. The van der Waals surface area contributed by atoms with Crippen LogP contribution in [0.25, 0.3) is 10.8 Å². The number of alkyl halides is 3. The Morgan fingerprint density at radius 2 is 1.72 bits per heavy atom. The normalized spacial score (nSPS) is 14.4. The number of anilines is 1. The molecule has 4 rings (SSSR count). The van der Waals surface area contributed by atoms with Gasteiger partial charge in [-0.05, 0) is 43.0 Å². The van der Waals surface area contributed by atoms with E-state index in [2.05, 4.69) is 6.07 Å². The molecule has 0 aromatic heterocycles. The van der Waals surface area contributed by atoms with E-state index in [-0.39, 0.29) is 18.7 Å². The molecule has 1 aliphatic rings. The standard InChI is InChI=1S/C25H22F3N3O/c26-25(27,28)20-7-5-6-18(16-20)10-13-24(32)31-15-4-3-14-30(31)23-12-11-19(17-29)21-8-1-2-9-22(21)23/h1-2,5-9,11-12,16H,3-4,10,13-15H2. The smallest absolute Gasteiger partial charge is 0.282 e. The van der Waals surface area contributed by atoms with Gasteiger partial charge in [0.1, 0.15) is 0 Å². The Labute approximate surface area is 184 Å². The van der Waals surface area contributed by atoms with E-state index < -0.39 is 11.7 Å². The number of nitriles is 1. The SMILES string of the molecule is N#Cc1ccc(N2CCCCN2C(=O)CCc2cccc(C(F)(F)F)c2)c2ccccc12. The van der Waals surface area contributed by atoms with Gasteiger partial charge < -0.3 is 0 Å². The van der Waals surface area contributed by atoms with Crippen molar-refractivity contribution in [1.29, 1.82) is 5.26 Å². The van der Waals surface area contributed by atoms with Gasteiger partial charge in [0.25, 0.3) is 0 Å². The fourth-order valence-corrected chi connectivity index (χ4v) is 4.16. The van der Waals surface area contributed by atoms with Crippen LogP contribution in [0, 0.1) is 11.3 Å². The molecule has 1 aliphatic heterocycles. The molecule has 1 saturated heterocycles. The largest absolute Gasteiger partial charge is 0.416 e. The van der Waals surface area contributed by atoms with Gasteiger partial charge in [-0.25, -0.2) is 0 Å². The van der Waals surface area contributed by atoms with Crippen molar-refractivity contribution in [3.05, 3.63) is 77.4 Å². The number of nitrogens with zero attached hydrogens (tertiary/aromatic N) is 3. The van der Waals surface area contributed by atoms with Gasteiger partial charge in [0, 0.05) is 30.3 Å². The lowest BCUT2D eigenvalue weighted by molar-refractivity contribution is -0.137. The number of halogens is 3. The Morgan fingerprint density at radius 3 is 2.47 bits per heavy atom. The van der Waals surface area contributed by atoms with Crippen molar-refractivity contribution in [2.75, 3.05) is 18.1 Å². The number of carbonyl (C=O) groups excluding carboxylic acids is 1. The molecule has 3 aromatic carbocycles. The summed E-state index contributed by atoms with van der Waals surface area (Å²) in [7, 11) is 0.